The van der Waals surface area contributed by atoms with Crippen molar-refractivity contribution in [2.24, 2.45) is 5.41 Å². The van der Waals surface area contributed by atoms with Crippen LogP contribution in [0.1, 0.15) is 27.2 Å². The minimum absolute atomic E-state index is 0.0960. The van der Waals surface area contributed by atoms with Gasteiger partial charge in [-0.1, -0.05) is 20.8 Å². The monoisotopic (exact) mass is 246 g/mol. The van der Waals surface area contributed by atoms with E-state index in [2.05, 4.69) is 10.6 Å². The lowest BCUT2D eigenvalue weighted by molar-refractivity contribution is -0.138. The molecular weight excluding hydrogens is 224 g/mol. The lowest BCUT2D eigenvalue weighted by Crippen LogP contribution is -2.49. The van der Waals surface area contributed by atoms with Crippen LogP contribution in [-0.4, -0.2) is 43.4 Å². The fourth-order valence-electron chi connectivity index (χ4n) is 1.22. The number of urea groups is 1. The van der Waals surface area contributed by atoms with E-state index in [1.807, 2.05) is 20.8 Å². The van der Waals surface area contributed by atoms with E-state index in [9.17, 15) is 9.59 Å². The third-order valence-electron chi connectivity index (χ3n) is 2.32. The number of aliphatic carboxylic acids is 1. The third-order valence-corrected chi connectivity index (χ3v) is 2.32. The standard InChI is InChI=1S/C11H22N2O4/c1-11(2,3)8(7-9(14)15)13-10(16)12-5-6-17-4/h8H,5-7H2,1-4H3,(H,14,15)(H2,12,13,16). The van der Waals surface area contributed by atoms with E-state index < -0.39 is 12.0 Å². The van der Waals surface area contributed by atoms with Crippen molar-refractivity contribution in [2.45, 2.75) is 33.2 Å². The van der Waals surface area contributed by atoms with Crippen LogP contribution in [0.4, 0.5) is 4.79 Å². The summed E-state index contributed by atoms with van der Waals surface area (Å²) in [5, 5.41) is 14.0. The molecule has 3 N–H and O–H groups in total. The summed E-state index contributed by atoms with van der Waals surface area (Å²) in [6.07, 6.45) is -0.0960. The maximum absolute atomic E-state index is 11.5. The topological polar surface area (TPSA) is 87.7 Å². The maximum atomic E-state index is 11.5. The molecule has 0 radical (unpaired) electrons. The van der Waals surface area contributed by atoms with E-state index in [4.69, 9.17) is 9.84 Å². The van der Waals surface area contributed by atoms with Crippen LogP contribution in [-0.2, 0) is 9.53 Å². The smallest absolute Gasteiger partial charge is 0.315 e. The SMILES string of the molecule is COCCNC(=O)NC(CC(=O)O)C(C)(C)C. The molecule has 0 saturated heterocycles. The van der Waals surface area contributed by atoms with Crippen molar-refractivity contribution in [3.63, 3.8) is 0 Å². The highest BCUT2D eigenvalue weighted by molar-refractivity contribution is 5.75. The van der Waals surface area contributed by atoms with Gasteiger partial charge in [0.25, 0.3) is 0 Å². The number of hydrogen-bond acceptors (Lipinski definition) is 3. The number of hydrogen-bond donors (Lipinski definition) is 3. The van der Waals surface area contributed by atoms with Gasteiger partial charge in [-0.3, -0.25) is 4.79 Å². The van der Waals surface area contributed by atoms with Crippen molar-refractivity contribution in [3.8, 4) is 0 Å². The molecule has 17 heavy (non-hydrogen) atoms. The summed E-state index contributed by atoms with van der Waals surface area (Å²) in [6.45, 7) is 6.47. The largest absolute Gasteiger partial charge is 0.481 e. The summed E-state index contributed by atoms with van der Waals surface area (Å²) < 4.78 is 4.79. The Morgan fingerprint density at radius 2 is 1.94 bits per heavy atom. The molecule has 0 rings (SSSR count). The van der Waals surface area contributed by atoms with Gasteiger partial charge in [0.05, 0.1) is 13.0 Å². The Labute approximate surface area is 102 Å². The molecule has 2 amide bonds. The van der Waals surface area contributed by atoms with E-state index in [1.165, 1.54) is 0 Å². The van der Waals surface area contributed by atoms with Crippen molar-refractivity contribution in [1.82, 2.24) is 10.6 Å². The van der Waals surface area contributed by atoms with Crippen molar-refractivity contribution in [2.75, 3.05) is 20.3 Å². The molecule has 1 atom stereocenters. The molecule has 100 valence electrons. The minimum atomic E-state index is -0.929. The summed E-state index contributed by atoms with van der Waals surface area (Å²) in [4.78, 5) is 22.2. The summed E-state index contributed by atoms with van der Waals surface area (Å²) in [5.74, 6) is -0.929. The molecule has 0 aliphatic carbocycles. The first kappa shape index (κ1) is 15.7. The fourth-order valence-corrected chi connectivity index (χ4v) is 1.22. The normalized spacial score (nSPS) is 12.9. The second kappa shape index (κ2) is 7.11. The predicted molar refractivity (Wildman–Crippen MR) is 63.9 cm³/mol. The van der Waals surface area contributed by atoms with E-state index in [0.29, 0.717) is 13.2 Å². The van der Waals surface area contributed by atoms with Gasteiger partial charge >= 0.3 is 12.0 Å². The molecule has 0 spiro atoms. The second-order valence-electron chi connectivity index (χ2n) is 4.91. The van der Waals surface area contributed by atoms with Crippen LogP contribution in [0.5, 0.6) is 0 Å². The minimum Gasteiger partial charge on any atom is -0.481 e. The lowest BCUT2D eigenvalue weighted by atomic mass is 9.85. The Morgan fingerprint density at radius 1 is 1.35 bits per heavy atom. The molecule has 0 aromatic carbocycles. The molecule has 0 saturated carbocycles. The summed E-state index contributed by atoms with van der Waals surface area (Å²) >= 11 is 0. The number of rotatable bonds is 6. The lowest BCUT2D eigenvalue weighted by Gasteiger charge is -2.30. The number of nitrogens with one attached hydrogen (secondary N) is 2. The third kappa shape index (κ3) is 7.57. The van der Waals surface area contributed by atoms with E-state index >= 15 is 0 Å². The van der Waals surface area contributed by atoms with E-state index in [1.54, 1.807) is 7.11 Å². The molecule has 6 heteroatoms. The van der Waals surface area contributed by atoms with Crippen LogP contribution >= 0.6 is 0 Å². The zero-order valence-electron chi connectivity index (χ0n) is 10.9. The van der Waals surface area contributed by atoms with Gasteiger partial charge in [-0.25, -0.2) is 4.79 Å². The number of methoxy groups -OCH3 is 1. The highest BCUT2D eigenvalue weighted by Crippen LogP contribution is 2.21. The number of carbonyl (C=O) groups is 2. The number of carboxylic acid groups (broad SMARTS) is 1. The zero-order valence-corrected chi connectivity index (χ0v) is 10.9. The number of ether oxygens (including phenoxy) is 1. The van der Waals surface area contributed by atoms with Gasteiger partial charge in [-0.05, 0) is 5.41 Å². The van der Waals surface area contributed by atoms with Crippen LogP contribution in [0.2, 0.25) is 0 Å². The van der Waals surface area contributed by atoms with Crippen molar-refractivity contribution < 1.29 is 19.4 Å². The highest BCUT2D eigenvalue weighted by atomic mass is 16.5. The first-order valence-corrected chi connectivity index (χ1v) is 5.52. The zero-order chi connectivity index (χ0) is 13.5. The maximum Gasteiger partial charge on any atom is 0.315 e. The van der Waals surface area contributed by atoms with Gasteiger partial charge < -0.3 is 20.5 Å². The molecule has 0 fully saturated rings. The van der Waals surface area contributed by atoms with Gasteiger partial charge in [0.15, 0.2) is 0 Å². The molecule has 6 nitrogen and oxygen atoms in total. The number of carbonyl (C=O) groups excluding carboxylic acids is 1. The highest BCUT2D eigenvalue weighted by Gasteiger charge is 2.28. The van der Waals surface area contributed by atoms with Crippen LogP contribution < -0.4 is 10.6 Å². The predicted octanol–water partition coefficient (Wildman–Crippen LogP) is 0.821. The number of carboxylic acids is 1. The van der Waals surface area contributed by atoms with Crippen LogP contribution in [0.25, 0.3) is 0 Å². The van der Waals surface area contributed by atoms with Crippen LogP contribution in [0, 0.1) is 5.41 Å². The summed E-state index contributed by atoms with van der Waals surface area (Å²) in [6, 6.07) is -0.786. The first-order chi connectivity index (χ1) is 7.77. The molecule has 0 aromatic rings. The molecule has 0 aromatic heterocycles. The average molecular weight is 246 g/mol. The molecule has 0 heterocycles. The average Bonchev–Trinajstić information content (AvgIpc) is 2.15. The van der Waals surface area contributed by atoms with Gasteiger partial charge in [-0.2, -0.15) is 0 Å². The van der Waals surface area contributed by atoms with Crippen LogP contribution in [0.3, 0.4) is 0 Å². The van der Waals surface area contributed by atoms with E-state index in [0.717, 1.165) is 0 Å². The van der Waals surface area contributed by atoms with Gasteiger partial charge in [-0.15, -0.1) is 0 Å². The first-order valence-electron chi connectivity index (χ1n) is 5.52. The van der Waals surface area contributed by atoms with Gasteiger partial charge in [0.2, 0.25) is 0 Å². The molecule has 0 bridgehead atoms. The molecular formula is C11H22N2O4. The van der Waals surface area contributed by atoms with Crippen molar-refractivity contribution in [1.29, 1.82) is 0 Å². The second-order valence-corrected chi connectivity index (χ2v) is 4.91. The Hall–Kier alpha value is -1.30. The van der Waals surface area contributed by atoms with Gasteiger partial charge in [0.1, 0.15) is 0 Å². The van der Waals surface area contributed by atoms with Crippen molar-refractivity contribution >= 4 is 12.0 Å². The van der Waals surface area contributed by atoms with Crippen molar-refractivity contribution in [3.05, 3.63) is 0 Å². The number of amides is 2. The summed E-state index contributed by atoms with van der Waals surface area (Å²) in [7, 11) is 1.54. The van der Waals surface area contributed by atoms with Gasteiger partial charge in [0, 0.05) is 19.7 Å². The Kier molecular flexibility index (Phi) is 6.57. The molecule has 0 aliphatic rings. The Balaban J connectivity index is 4.24. The summed E-state index contributed by atoms with van der Waals surface area (Å²) in [5.41, 5.74) is -0.309. The van der Waals surface area contributed by atoms with E-state index in [-0.39, 0.29) is 17.9 Å². The Morgan fingerprint density at radius 3 is 2.35 bits per heavy atom. The Bertz CT molecular complexity index is 261. The molecule has 0 aliphatic heterocycles. The fraction of sp³-hybridized carbons (Fsp3) is 0.818. The molecule has 1 unspecified atom stereocenters. The quantitative estimate of drug-likeness (QED) is 0.605. The van der Waals surface area contributed by atoms with Crippen LogP contribution in [0.15, 0.2) is 0 Å².